The molecule has 0 amide bonds. The normalized spacial score (nSPS) is 12.6. The van der Waals surface area contributed by atoms with Gasteiger partial charge in [-0.15, -0.1) is 0 Å². The molecule has 90 valence electrons. The average molecular weight is 298 g/mol. The predicted octanol–water partition coefficient (Wildman–Crippen LogP) is 3.68. The molecule has 17 heavy (non-hydrogen) atoms. The van der Waals surface area contributed by atoms with Crippen LogP contribution >= 0.6 is 15.9 Å². The summed E-state index contributed by atoms with van der Waals surface area (Å²) in [6.07, 6.45) is 4.11. The zero-order chi connectivity index (χ0) is 12.3. The van der Waals surface area contributed by atoms with Gasteiger partial charge in [0.25, 0.3) is 0 Å². The molecule has 0 saturated carbocycles. The molecule has 4 heteroatoms. The maximum atomic E-state index is 13.3. The lowest BCUT2D eigenvalue weighted by atomic mass is 10.0. The Hall–Kier alpha value is -1.13. The molecule has 0 radical (unpaired) electrons. The zero-order valence-corrected chi connectivity index (χ0v) is 11.0. The van der Waals surface area contributed by atoms with E-state index in [1.807, 2.05) is 13.1 Å². The molecule has 0 aliphatic carbocycles. The fourth-order valence-corrected chi connectivity index (χ4v) is 2.32. The van der Waals surface area contributed by atoms with Crippen LogP contribution in [0.2, 0.25) is 0 Å². The summed E-state index contributed by atoms with van der Waals surface area (Å²) >= 11 is 3.45. The van der Waals surface area contributed by atoms with Crippen molar-refractivity contribution in [3.8, 4) is 0 Å². The molecule has 0 aliphatic rings. The van der Waals surface area contributed by atoms with Gasteiger partial charge in [-0.05, 0) is 48.9 Å². The SMILES string of the molecule is CNC(Cc1ccoc1)c1cc(F)ccc1Br. The molecule has 1 atom stereocenters. The van der Waals surface area contributed by atoms with Crippen molar-refractivity contribution in [3.05, 3.63) is 58.2 Å². The van der Waals surface area contributed by atoms with E-state index >= 15 is 0 Å². The fourth-order valence-electron chi connectivity index (χ4n) is 1.79. The molecule has 1 N–H and O–H groups in total. The first-order valence-corrected chi connectivity index (χ1v) is 6.13. The predicted molar refractivity (Wildman–Crippen MR) is 68.3 cm³/mol. The van der Waals surface area contributed by atoms with Gasteiger partial charge in [0.05, 0.1) is 12.5 Å². The van der Waals surface area contributed by atoms with Gasteiger partial charge in [-0.2, -0.15) is 0 Å². The first kappa shape index (κ1) is 12.3. The van der Waals surface area contributed by atoms with Crippen LogP contribution in [0.25, 0.3) is 0 Å². The zero-order valence-electron chi connectivity index (χ0n) is 9.41. The molecule has 0 bridgehead atoms. The monoisotopic (exact) mass is 297 g/mol. The van der Waals surface area contributed by atoms with Crippen molar-refractivity contribution < 1.29 is 8.81 Å². The van der Waals surface area contributed by atoms with Crippen LogP contribution in [-0.2, 0) is 6.42 Å². The molecule has 1 unspecified atom stereocenters. The van der Waals surface area contributed by atoms with Crippen LogP contribution in [0.5, 0.6) is 0 Å². The minimum Gasteiger partial charge on any atom is -0.472 e. The number of hydrogen-bond acceptors (Lipinski definition) is 2. The van der Waals surface area contributed by atoms with E-state index in [-0.39, 0.29) is 11.9 Å². The third kappa shape index (κ3) is 2.96. The van der Waals surface area contributed by atoms with Gasteiger partial charge < -0.3 is 9.73 Å². The van der Waals surface area contributed by atoms with Gasteiger partial charge in [-0.1, -0.05) is 15.9 Å². The highest BCUT2D eigenvalue weighted by Crippen LogP contribution is 2.26. The van der Waals surface area contributed by atoms with Gasteiger partial charge in [0.2, 0.25) is 0 Å². The van der Waals surface area contributed by atoms with Crippen molar-refractivity contribution in [3.63, 3.8) is 0 Å². The van der Waals surface area contributed by atoms with Gasteiger partial charge in [0, 0.05) is 10.5 Å². The summed E-state index contributed by atoms with van der Waals surface area (Å²) in [6.45, 7) is 0. The molecule has 2 rings (SSSR count). The third-order valence-corrected chi connectivity index (χ3v) is 3.42. The van der Waals surface area contributed by atoms with Crippen molar-refractivity contribution in [2.24, 2.45) is 0 Å². The van der Waals surface area contributed by atoms with Crippen LogP contribution < -0.4 is 5.32 Å². The minimum absolute atomic E-state index is 0.0534. The second-order valence-corrected chi connectivity index (χ2v) is 4.70. The minimum atomic E-state index is -0.226. The van der Waals surface area contributed by atoms with E-state index in [4.69, 9.17) is 4.42 Å². The number of rotatable bonds is 4. The molecule has 2 nitrogen and oxygen atoms in total. The van der Waals surface area contributed by atoms with Crippen molar-refractivity contribution in [1.29, 1.82) is 0 Å². The maximum Gasteiger partial charge on any atom is 0.123 e. The standard InChI is InChI=1S/C13H13BrFNO/c1-16-13(6-9-4-5-17-8-9)11-7-10(15)2-3-12(11)14/h2-5,7-8,13,16H,6H2,1H3. The first-order valence-electron chi connectivity index (χ1n) is 5.34. The smallest absolute Gasteiger partial charge is 0.123 e. The van der Waals surface area contributed by atoms with Gasteiger partial charge in [0.15, 0.2) is 0 Å². The van der Waals surface area contributed by atoms with E-state index in [0.717, 1.165) is 22.0 Å². The molecule has 1 heterocycles. The van der Waals surface area contributed by atoms with E-state index in [0.29, 0.717) is 0 Å². The number of benzene rings is 1. The summed E-state index contributed by atoms with van der Waals surface area (Å²) in [5.41, 5.74) is 1.99. The highest BCUT2D eigenvalue weighted by Gasteiger charge is 2.14. The van der Waals surface area contributed by atoms with Crippen LogP contribution in [0.15, 0.2) is 45.7 Å². The van der Waals surface area contributed by atoms with E-state index in [9.17, 15) is 4.39 Å². The highest BCUT2D eigenvalue weighted by molar-refractivity contribution is 9.10. The number of hydrogen-bond donors (Lipinski definition) is 1. The molecular formula is C13H13BrFNO. The molecule has 0 saturated heterocycles. The Morgan fingerprint density at radius 2 is 2.24 bits per heavy atom. The summed E-state index contributed by atoms with van der Waals surface area (Å²) in [7, 11) is 1.86. The van der Waals surface area contributed by atoms with Crippen LogP contribution in [-0.4, -0.2) is 7.05 Å². The second kappa shape index (κ2) is 5.47. The molecule has 0 spiro atoms. The first-order chi connectivity index (χ1) is 8.20. The Morgan fingerprint density at radius 3 is 2.88 bits per heavy atom. The van der Waals surface area contributed by atoms with Crippen LogP contribution in [0, 0.1) is 5.82 Å². The Kier molecular flexibility index (Phi) is 3.97. The lowest BCUT2D eigenvalue weighted by molar-refractivity contribution is 0.548. The summed E-state index contributed by atoms with van der Waals surface area (Å²) in [5, 5.41) is 3.19. The Labute approximate surface area is 108 Å². The molecular weight excluding hydrogens is 285 g/mol. The number of likely N-dealkylation sites (N-methyl/N-ethyl adjacent to an activating group) is 1. The molecule has 0 aliphatic heterocycles. The van der Waals surface area contributed by atoms with Gasteiger partial charge in [-0.3, -0.25) is 0 Å². The lowest BCUT2D eigenvalue weighted by Crippen LogP contribution is -2.19. The maximum absolute atomic E-state index is 13.3. The van der Waals surface area contributed by atoms with Gasteiger partial charge in [-0.25, -0.2) is 4.39 Å². The fraction of sp³-hybridized carbons (Fsp3) is 0.231. The van der Waals surface area contributed by atoms with Crippen LogP contribution in [0.3, 0.4) is 0 Å². The van der Waals surface area contributed by atoms with Crippen molar-refractivity contribution in [2.45, 2.75) is 12.5 Å². The Balaban J connectivity index is 2.25. The summed E-state index contributed by atoms with van der Waals surface area (Å²) < 4.78 is 19.2. The Morgan fingerprint density at radius 1 is 1.41 bits per heavy atom. The number of furan rings is 1. The van der Waals surface area contributed by atoms with Gasteiger partial charge >= 0.3 is 0 Å². The van der Waals surface area contributed by atoms with Crippen molar-refractivity contribution >= 4 is 15.9 Å². The van der Waals surface area contributed by atoms with Gasteiger partial charge in [0.1, 0.15) is 5.82 Å². The van der Waals surface area contributed by atoms with E-state index in [1.165, 1.54) is 6.07 Å². The Bertz CT molecular complexity index is 484. The van der Waals surface area contributed by atoms with E-state index in [2.05, 4.69) is 21.2 Å². The summed E-state index contributed by atoms with van der Waals surface area (Å²) in [4.78, 5) is 0. The third-order valence-electron chi connectivity index (χ3n) is 2.70. The number of nitrogens with one attached hydrogen (secondary N) is 1. The summed E-state index contributed by atoms with van der Waals surface area (Å²) in [6, 6.07) is 6.68. The van der Waals surface area contributed by atoms with Crippen molar-refractivity contribution in [2.75, 3.05) is 7.05 Å². The molecule has 1 aromatic heterocycles. The number of halogens is 2. The highest BCUT2D eigenvalue weighted by atomic mass is 79.9. The lowest BCUT2D eigenvalue weighted by Gasteiger charge is -2.17. The van der Waals surface area contributed by atoms with E-state index in [1.54, 1.807) is 24.7 Å². The second-order valence-electron chi connectivity index (χ2n) is 3.84. The van der Waals surface area contributed by atoms with Crippen LogP contribution in [0.1, 0.15) is 17.2 Å². The average Bonchev–Trinajstić information content (AvgIpc) is 2.82. The van der Waals surface area contributed by atoms with E-state index < -0.39 is 0 Å². The molecule has 1 aromatic carbocycles. The topological polar surface area (TPSA) is 25.2 Å². The van der Waals surface area contributed by atoms with Crippen molar-refractivity contribution in [1.82, 2.24) is 5.32 Å². The van der Waals surface area contributed by atoms with Crippen LogP contribution in [0.4, 0.5) is 4.39 Å². The summed E-state index contributed by atoms with van der Waals surface area (Å²) in [5.74, 6) is -0.226. The largest absolute Gasteiger partial charge is 0.472 e. The molecule has 0 fully saturated rings. The molecule has 2 aromatic rings. The quantitative estimate of drug-likeness (QED) is 0.931.